The first-order valence-electron chi connectivity index (χ1n) is 10.6. The minimum Gasteiger partial charge on any atom is -0.616 e. The number of halogens is 3. The van der Waals surface area contributed by atoms with Crippen molar-refractivity contribution in [2.24, 2.45) is 11.8 Å². The molecule has 0 bridgehead atoms. The second kappa shape index (κ2) is 8.61. The van der Waals surface area contributed by atoms with Crippen LogP contribution in [0.25, 0.3) is 5.65 Å². The molecule has 1 saturated heterocycles. The van der Waals surface area contributed by atoms with Crippen LogP contribution >= 0.6 is 0 Å². The van der Waals surface area contributed by atoms with E-state index < -0.39 is 23.3 Å². The highest BCUT2D eigenvalue weighted by molar-refractivity contribution is 7.91. The number of aryl methyl sites for hydroxylation is 1. The Labute approximate surface area is 181 Å². The molecule has 3 heterocycles. The second-order valence-electron chi connectivity index (χ2n) is 8.57. The van der Waals surface area contributed by atoms with Gasteiger partial charge in [-0.2, -0.15) is 18.3 Å². The van der Waals surface area contributed by atoms with Gasteiger partial charge in [0.1, 0.15) is 5.75 Å². The van der Waals surface area contributed by atoms with Crippen molar-refractivity contribution in [2.75, 3.05) is 12.9 Å². The highest BCUT2D eigenvalue weighted by Crippen LogP contribution is 2.43. The molecule has 4 rings (SSSR count). The van der Waals surface area contributed by atoms with E-state index in [1.807, 2.05) is 19.1 Å². The summed E-state index contributed by atoms with van der Waals surface area (Å²) in [5.41, 5.74) is 2.79. The Morgan fingerprint density at radius 3 is 2.58 bits per heavy atom. The monoisotopic (exact) mass is 457 g/mol. The van der Waals surface area contributed by atoms with Gasteiger partial charge in [-0.15, -0.1) is 0 Å². The van der Waals surface area contributed by atoms with E-state index >= 15 is 0 Å². The second-order valence-corrected chi connectivity index (χ2v) is 10.3. The summed E-state index contributed by atoms with van der Waals surface area (Å²) >= 11 is -1.16. The zero-order valence-corrected chi connectivity index (χ0v) is 18.3. The smallest absolute Gasteiger partial charge is 0.391 e. The fourth-order valence-corrected chi connectivity index (χ4v) is 6.50. The third-order valence-corrected chi connectivity index (χ3v) is 8.26. The van der Waals surface area contributed by atoms with Crippen LogP contribution in [0.3, 0.4) is 0 Å². The van der Waals surface area contributed by atoms with Gasteiger partial charge < -0.3 is 9.29 Å². The molecule has 3 atom stereocenters. The molecule has 0 aromatic carbocycles. The fraction of sp³-hybridized carbons (Fsp3) is 0.667. The van der Waals surface area contributed by atoms with E-state index in [2.05, 4.69) is 10.1 Å². The Bertz CT molecular complexity index is 956. The lowest BCUT2D eigenvalue weighted by atomic mass is 9.80. The molecule has 170 valence electrons. The van der Waals surface area contributed by atoms with Gasteiger partial charge in [0.05, 0.1) is 30.3 Å². The first-order chi connectivity index (χ1) is 14.7. The Hall–Kier alpha value is -1.81. The van der Waals surface area contributed by atoms with E-state index in [-0.39, 0.29) is 35.9 Å². The van der Waals surface area contributed by atoms with Gasteiger partial charge in [-0.05, 0) is 49.8 Å². The number of methoxy groups -OCH3 is 1. The van der Waals surface area contributed by atoms with Crippen molar-refractivity contribution in [3.05, 3.63) is 29.2 Å². The predicted octanol–water partition coefficient (Wildman–Crippen LogP) is 4.25. The summed E-state index contributed by atoms with van der Waals surface area (Å²) in [6.45, 7) is 1.84. The third kappa shape index (κ3) is 4.55. The number of aromatic nitrogens is 3. The standard InChI is InChI=1S/C21H26F3N3O3S/c1-12-9-17(18-10-14(20(28)30-2)7-8-31(18)29)27-19(25-12)11-16(26-27)13-3-5-15(6-4-13)21(22,23)24/h9,11,13-15,18H,3-8,10H2,1-2H3/t13-,14?,15-,18?,31?. The van der Waals surface area contributed by atoms with Gasteiger partial charge in [0.25, 0.3) is 0 Å². The van der Waals surface area contributed by atoms with Gasteiger partial charge in [0.2, 0.25) is 0 Å². The summed E-state index contributed by atoms with van der Waals surface area (Å²) in [5.74, 6) is -1.50. The van der Waals surface area contributed by atoms with Crippen molar-refractivity contribution in [3.8, 4) is 0 Å². The molecule has 2 aromatic rings. The first kappa shape index (κ1) is 22.4. The van der Waals surface area contributed by atoms with Gasteiger partial charge in [-0.25, -0.2) is 9.50 Å². The Kier molecular flexibility index (Phi) is 6.22. The van der Waals surface area contributed by atoms with Crippen molar-refractivity contribution >= 4 is 22.8 Å². The molecule has 1 saturated carbocycles. The molecule has 3 unspecified atom stereocenters. The van der Waals surface area contributed by atoms with Crippen LogP contribution in [-0.2, 0) is 20.7 Å². The van der Waals surface area contributed by atoms with Crippen LogP contribution in [0.5, 0.6) is 0 Å². The molecule has 2 aromatic heterocycles. The highest BCUT2D eigenvalue weighted by atomic mass is 32.2. The summed E-state index contributed by atoms with van der Waals surface area (Å²) in [6.07, 6.45) is -2.13. The number of hydrogen-bond acceptors (Lipinski definition) is 5. The zero-order chi connectivity index (χ0) is 22.3. The van der Waals surface area contributed by atoms with Gasteiger partial charge in [0, 0.05) is 30.5 Å². The van der Waals surface area contributed by atoms with Crippen LogP contribution in [0.2, 0.25) is 0 Å². The Morgan fingerprint density at radius 2 is 1.94 bits per heavy atom. The summed E-state index contributed by atoms with van der Waals surface area (Å²) in [5, 5.41) is 4.31. The van der Waals surface area contributed by atoms with E-state index in [4.69, 9.17) is 4.74 Å². The number of carbonyl (C=O) groups is 1. The van der Waals surface area contributed by atoms with E-state index in [1.54, 1.807) is 4.52 Å². The van der Waals surface area contributed by atoms with E-state index in [9.17, 15) is 22.5 Å². The summed E-state index contributed by atoms with van der Waals surface area (Å²) in [6, 6.07) is 3.67. The third-order valence-electron chi connectivity index (χ3n) is 6.56. The van der Waals surface area contributed by atoms with Crippen LogP contribution in [0.15, 0.2) is 12.1 Å². The van der Waals surface area contributed by atoms with Gasteiger partial charge in [-0.3, -0.25) is 4.79 Å². The van der Waals surface area contributed by atoms with Crippen LogP contribution in [0.1, 0.15) is 66.8 Å². The SMILES string of the molecule is COC(=O)C1CC[S+]([O-])C(c2cc(C)nc3cc([C@H]4CC[C@H](C(F)(F)F)CC4)nn23)C1. The summed E-state index contributed by atoms with van der Waals surface area (Å²) < 4.78 is 58.4. The number of nitrogens with zero attached hydrogens (tertiary/aromatic N) is 3. The minimum atomic E-state index is -4.14. The van der Waals surface area contributed by atoms with Crippen molar-refractivity contribution in [2.45, 2.75) is 62.8 Å². The van der Waals surface area contributed by atoms with Crippen LogP contribution in [-0.4, -0.2) is 44.2 Å². The lowest BCUT2D eigenvalue weighted by molar-refractivity contribution is -0.182. The maximum atomic E-state index is 13.0. The molecule has 2 aliphatic rings. The lowest BCUT2D eigenvalue weighted by Crippen LogP contribution is -2.33. The molecule has 1 aliphatic heterocycles. The average molecular weight is 458 g/mol. The molecule has 0 radical (unpaired) electrons. The van der Waals surface area contributed by atoms with E-state index in [0.717, 1.165) is 17.1 Å². The molecule has 6 nitrogen and oxygen atoms in total. The number of hydrogen-bond donors (Lipinski definition) is 0. The number of ether oxygens (including phenoxy) is 1. The highest BCUT2D eigenvalue weighted by Gasteiger charge is 2.42. The number of rotatable bonds is 3. The average Bonchev–Trinajstić information content (AvgIpc) is 3.16. The number of alkyl halides is 3. The van der Waals surface area contributed by atoms with Crippen molar-refractivity contribution < 1.29 is 27.3 Å². The Balaban J connectivity index is 1.62. The van der Waals surface area contributed by atoms with Crippen LogP contribution < -0.4 is 0 Å². The topological polar surface area (TPSA) is 79.5 Å². The molecule has 2 fully saturated rings. The number of carbonyl (C=O) groups excluding carboxylic acids is 1. The molecule has 31 heavy (non-hydrogen) atoms. The van der Waals surface area contributed by atoms with Gasteiger partial charge in [-0.1, -0.05) is 0 Å². The molecule has 0 N–H and O–H groups in total. The maximum Gasteiger partial charge on any atom is 0.391 e. The maximum absolute atomic E-state index is 13.0. The first-order valence-corrected chi connectivity index (χ1v) is 11.9. The normalized spacial score (nSPS) is 29.8. The molecule has 0 spiro atoms. The van der Waals surface area contributed by atoms with Gasteiger partial charge >= 0.3 is 12.1 Å². The molecule has 1 aliphatic carbocycles. The summed E-state index contributed by atoms with van der Waals surface area (Å²) in [4.78, 5) is 16.6. The summed E-state index contributed by atoms with van der Waals surface area (Å²) in [7, 11) is 1.35. The van der Waals surface area contributed by atoms with E-state index in [0.29, 0.717) is 37.1 Å². The van der Waals surface area contributed by atoms with E-state index in [1.165, 1.54) is 7.11 Å². The molecular weight excluding hydrogens is 431 g/mol. The van der Waals surface area contributed by atoms with Crippen molar-refractivity contribution in [3.63, 3.8) is 0 Å². The predicted molar refractivity (Wildman–Crippen MR) is 109 cm³/mol. The number of fused-ring (bicyclic) bond motifs is 1. The molecule has 10 heteroatoms. The van der Waals surface area contributed by atoms with Crippen LogP contribution in [0, 0.1) is 18.8 Å². The van der Waals surface area contributed by atoms with Gasteiger partial charge in [0.15, 0.2) is 10.9 Å². The lowest BCUT2D eigenvalue weighted by Gasteiger charge is -2.30. The quantitative estimate of drug-likeness (QED) is 0.509. The molecule has 0 amide bonds. The van der Waals surface area contributed by atoms with Crippen LogP contribution in [0.4, 0.5) is 13.2 Å². The molecular formula is C21H26F3N3O3S. The van der Waals surface area contributed by atoms with Crippen molar-refractivity contribution in [1.82, 2.24) is 14.6 Å². The largest absolute Gasteiger partial charge is 0.616 e. The number of esters is 1. The van der Waals surface area contributed by atoms with Crippen molar-refractivity contribution in [1.29, 1.82) is 0 Å². The Morgan fingerprint density at radius 1 is 1.23 bits per heavy atom. The fourth-order valence-electron chi connectivity index (χ4n) is 4.81. The zero-order valence-electron chi connectivity index (χ0n) is 17.5. The minimum absolute atomic E-state index is 0.0480.